The van der Waals surface area contributed by atoms with Crippen LogP contribution in [-0.2, 0) is 23.2 Å². The second kappa shape index (κ2) is 8.13. The van der Waals surface area contributed by atoms with Gasteiger partial charge in [0.2, 0.25) is 5.82 Å². The maximum Gasteiger partial charge on any atom is 0.264 e. The van der Waals surface area contributed by atoms with E-state index in [2.05, 4.69) is 14.7 Å². The Bertz CT molecular complexity index is 1060. The molecular weight excluding hydrogens is 415 g/mol. The van der Waals surface area contributed by atoms with Crippen molar-refractivity contribution in [2.45, 2.75) is 18.0 Å². The van der Waals surface area contributed by atoms with E-state index >= 15 is 0 Å². The fourth-order valence-electron chi connectivity index (χ4n) is 2.12. The molecular formula is C16H14Cl2N4O4S. The SMILES string of the molecule is NCc1ccc(COc2nccnc2NS(=O)(=O)c2cccc(Cl)c2Cl)o1. The summed E-state index contributed by atoms with van der Waals surface area (Å²) < 4.78 is 38.5. The standard InChI is InChI=1S/C16H14Cl2N4O4S/c17-12-2-1-3-13(14(12)18)27(23,24)22-15-16(21-7-6-20-15)25-9-11-5-4-10(8-19)26-11/h1-7H,8-9,19H2,(H,20,22). The number of halogens is 2. The number of rotatable bonds is 7. The molecule has 0 spiro atoms. The lowest BCUT2D eigenvalue weighted by Gasteiger charge is -2.12. The highest BCUT2D eigenvalue weighted by Crippen LogP contribution is 2.31. The van der Waals surface area contributed by atoms with Crippen LogP contribution in [0.5, 0.6) is 5.88 Å². The van der Waals surface area contributed by atoms with Gasteiger partial charge in [0.15, 0.2) is 0 Å². The first-order valence-corrected chi connectivity index (χ1v) is 9.83. The van der Waals surface area contributed by atoms with Crippen molar-refractivity contribution in [3.8, 4) is 5.88 Å². The van der Waals surface area contributed by atoms with Crippen LogP contribution in [0.4, 0.5) is 5.82 Å². The van der Waals surface area contributed by atoms with E-state index in [0.717, 1.165) is 0 Å². The van der Waals surface area contributed by atoms with Gasteiger partial charge in [0.05, 0.1) is 16.6 Å². The molecule has 0 aliphatic rings. The van der Waals surface area contributed by atoms with Gasteiger partial charge in [-0.1, -0.05) is 29.3 Å². The summed E-state index contributed by atoms with van der Waals surface area (Å²) in [5.41, 5.74) is 5.49. The lowest BCUT2D eigenvalue weighted by Crippen LogP contribution is -2.16. The lowest BCUT2D eigenvalue weighted by molar-refractivity contribution is 0.257. The molecule has 0 radical (unpaired) electrons. The largest absolute Gasteiger partial charge is 0.467 e. The van der Waals surface area contributed by atoms with Crippen LogP contribution in [0, 0.1) is 0 Å². The maximum absolute atomic E-state index is 12.6. The van der Waals surface area contributed by atoms with E-state index in [4.69, 9.17) is 38.1 Å². The highest BCUT2D eigenvalue weighted by molar-refractivity contribution is 7.92. The smallest absolute Gasteiger partial charge is 0.264 e. The molecule has 0 amide bonds. The number of benzene rings is 1. The number of aromatic nitrogens is 2. The number of sulfonamides is 1. The highest BCUT2D eigenvalue weighted by atomic mass is 35.5. The Hall–Kier alpha value is -2.33. The summed E-state index contributed by atoms with van der Waals surface area (Å²) in [5, 5.41) is 0.0200. The van der Waals surface area contributed by atoms with Gasteiger partial charge < -0.3 is 14.9 Å². The zero-order valence-electron chi connectivity index (χ0n) is 13.7. The van der Waals surface area contributed by atoms with E-state index in [9.17, 15) is 8.42 Å². The van der Waals surface area contributed by atoms with Crippen LogP contribution in [0.15, 0.2) is 52.0 Å². The van der Waals surface area contributed by atoms with Gasteiger partial charge in [-0.3, -0.25) is 4.72 Å². The van der Waals surface area contributed by atoms with Crippen LogP contribution in [0.2, 0.25) is 10.0 Å². The fraction of sp³-hybridized carbons (Fsp3) is 0.125. The van der Waals surface area contributed by atoms with Gasteiger partial charge in [-0.25, -0.2) is 18.4 Å². The topological polar surface area (TPSA) is 120 Å². The summed E-state index contributed by atoms with van der Waals surface area (Å²) in [6, 6.07) is 7.71. The number of anilines is 1. The Kier molecular flexibility index (Phi) is 5.85. The third-order valence-corrected chi connectivity index (χ3v) is 5.68. The van der Waals surface area contributed by atoms with E-state index < -0.39 is 10.0 Å². The van der Waals surface area contributed by atoms with Gasteiger partial charge in [-0.15, -0.1) is 0 Å². The molecule has 27 heavy (non-hydrogen) atoms. The molecule has 0 aliphatic heterocycles. The second-order valence-electron chi connectivity index (χ2n) is 5.23. The second-order valence-corrected chi connectivity index (χ2v) is 7.66. The summed E-state index contributed by atoms with van der Waals surface area (Å²) >= 11 is 11.9. The number of nitrogens with two attached hydrogens (primary N) is 1. The van der Waals surface area contributed by atoms with Crippen molar-refractivity contribution in [3.05, 3.63) is 64.3 Å². The molecule has 2 aromatic heterocycles. The van der Waals surface area contributed by atoms with Crippen molar-refractivity contribution in [2.24, 2.45) is 5.73 Å². The molecule has 2 heterocycles. The molecule has 3 N–H and O–H groups in total. The summed E-state index contributed by atoms with van der Waals surface area (Å²) in [5.74, 6) is 0.987. The van der Waals surface area contributed by atoms with E-state index in [-0.39, 0.29) is 39.8 Å². The fourth-order valence-corrected chi connectivity index (χ4v) is 3.89. The van der Waals surface area contributed by atoms with Crippen LogP contribution < -0.4 is 15.2 Å². The predicted octanol–water partition coefficient (Wildman–Crippen LogP) is 3.21. The number of furan rings is 1. The molecule has 0 aliphatic carbocycles. The Morgan fingerprint density at radius 2 is 1.85 bits per heavy atom. The first kappa shape index (κ1) is 19.4. The van der Waals surface area contributed by atoms with E-state index in [1.54, 1.807) is 12.1 Å². The van der Waals surface area contributed by atoms with E-state index in [1.807, 2.05) is 0 Å². The summed E-state index contributed by atoms with van der Waals surface area (Å²) in [6.07, 6.45) is 2.69. The van der Waals surface area contributed by atoms with Crippen molar-refractivity contribution in [1.29, 1.82) is 0 Å². The van der Waals surface area contributed by atoms with Crippen molar-refractivity contribution in [3.63, 3.8) is 0 Å². The molecule has 3 rings (SSSR count). The van der Waals surface area contributed by atoms with Gasteiger partial charge in [0.25, 0.3) is 15.9 Å². The van der Waals surface area contributed by atoms with Gasteiger partial charge in [-0.05, 0) is 24.3 Å². The Balaban J connectivity index is 1.82. The van der Waals surface area contributed by atoms with Gasteiger partial charge in [0.1, 0.15) is 23.0 Å². The molecule has 0 unspecified atom stereocenters. The Morgan fingerprint density at radius 1 is 1.11 bits per heavy atom. The monoisotopic (exact) mass is 428 g/mol. The minimum atomic E-state index is -4.06. The number of hydrogen-bond acceptors (Lipinski definition) is 7. The summed E-state index contributed by atoms with van der Waals surface area (Å²) in [4.78, 5) is 7.78. The van der Waals surface area contributed by atoms with Crippen molar-refractivity contribution >= 4 is 39.0 Å². The molecule has 0 saturated carbocycles. The van der Waals surface area contributed by atoms with E-state index in [0.29, 0.717) is 11.5 Å². The molecule has 0 saturated heterocycles. The van der Waals surface area contributed by atoms with Gasteiger partial charge in [0, 0.05) is 12.4 Å². The molecule has 0 bridgehead atoms. The third-order valence-electron chi connectivity index (χ3n) is 3.37. The van der Waals surface area contributed by atoms with Crippen LogP contribution >= 0.6 is 23.2 Å². The minimum Gasteiger partial charge on any atom is -0.467 e. The lowest BCUT2D eigenvalue weighted by atomic mass is 10.4. The maximum atomic E-state index is 12.6. The van der Waals surface area contributed by atoms with Crippen LogP contribution in [0.25, 0.3) is 0 Å². The average molecular weight is 429 g/mol. The number of nitrogens with zero attached hydrogens (tertiary/aromatic N) is 2. The van der Waals surface area contributed by atoms with Crippen molar-refractivity contribution in [1.82, 2.24) is 9.97 Å². The Morgan fingerprint density at radius 3 is 2.59 bits per heavy atom. The minimum absolute atomic E-state index is 0.0192. The van der Waals surface area contributed by atoms with E-state index in [1.165, 1.54) is 30.6 Å². The summed E-state index contributed by atoms with van der Waals surface area (Å²) in [7, 11) is -4.06. The number of hydrogen-bond donors (Lipinski definition) is 2. The predicted molar refractivity (Wildman–Crippen MR) is 100 cm³/mol. The van der Waals surface area contributed by atoms with Crippen molar-refractivity contribution in [2.75, 3.05) is 4.72 Å². The first-order valence-electron chi connectivity index (χ1n) is 7.59. The zero-order valence-corrected chi connectivity index (χ0v) is 16.1. The molecule has 3 aromatic rings. The highest BCUT2D eigenvalue weighted by Gasteiger charge is 2.22. The zero-order chi connectivity index (χ0) is 19.4. The molecule has 0 fully saturated rings. The van der Waals surface area contributed by atoms with Gasteiger partial charge >= 0.3 is 0 Å². The normalized spacial score (nSPS) is 11.4. The molecule has 1 aromatic carbocycles. The number of nitrogens with one attached hydrogen (secondary N) is 1. The molecule has 11 heteroatoms. The van der Waals surface area contributed by atoms with Crippen LogP contribution in [0.3, 0.4) is 0 Å². The molecule has 8 nitrogen and oxygen atoms in total. The molecule has 142 valence electrons. The van der Waals surface area contributed by atoms with Crippen LogP contribution in [-0.4, -0.2) is 18.4 Å². The quantitative estimate of drug-likeness (QED) is 0.592. The van der Waals surface area contributed by atoms with Gasteiger partial charge in [-0.2, -0.15) is 0 Å². The first-order chi connectivity index (χ1) is 12.9. The third kappa shape index (κ3) is 4.51. The molecule has 0 atom stereocenters. The summed E-state index contributed by atoms with van der Waals surface area (Å²) in [6.45, 7) is 0.280. The number of ether oxygens (including phenoxy) is 1. The van der Waals surface area contributed by atoms with Crippen molar-refractivity contribution < 1.29 is 17.6 Å². The Labute approximate surface area is 165 Å². The van der Waals surface area contributed by atoms with Crippen LogP contribution in [0.1, 0.15) is 11.5 Å². The average Bonchev–Trinajstić information content (AvgIpc) is 3.11.